The zero-order valence-corrected chi connectivity index (χ0v) is 11.9. The monoisotopic (exact) mass is 251 g/mol. The van der Waals surface area contributed by atoms with Crippen LogP contribution in [-0.2, 0) is 4.74 Å². The maximum Gasteiger partial charge on any atom is 0.0807 e. The van der Waals surface area contributed by atoms with Crippen molar-refractivity contribution >= 4 is 5.69 Å². The molecule has 0 unspecified atom stereocenters. The van der Waals surface area contributed by atoms with E-state index in [9.17, 15) is 5.11 Å². The lowest BCUT2D eigenvalue weighted by Gasteiger charge is -2.31. The summed E-state index contributed by atoms with van der Waals surface area (Å²) in [6, 6.07) is 8.45. The van der Waals surface area contributed by atoms with Gasteiger partial charge in [0, 0.05) is 30.9 Å². The minimum absolute atomic E-state index is 0.380. The fourth-order valence-corrected chi connectivity index (χ4v) is 2.10. The lowest BCUT2D eigenvalue weighted by atomic mass is 10.0. The van der Waals surface area contributed by atoms with E-state index in [4.69, 9.17) is 4.74 Å². The number of aliphatic hydroxyl groups is 1. The van der Waals surface area contributed by atoms with Crippen LogP contribution in [0.5, 0.6) is 0 Å². The molecule has 0 radical (unpaired) electrons. The second-order valence-electron chi connectivity index (χ2n) is 4.76. The number of rotatable bonds is 7. The van der Waals surface area contributed by atoms with Crippen LogP contribution in [-0.4, -0.2) is 31.4 Å². The van der Waals surface area contributed by atoms with Crippen LogP contribution in [0.4, 0.5) is 5.69 Å². The van der Waals surface area contributed by atoms with E-state index < -0.39 is 6.10 Å². The van der Waals surface area contributed by atoms with Gasteiger partial charge >= 0.3 is 0 Å². The van der Waals surface area contributed by atoms with Crippen LogP contribution < -0.4 is 4.90 Å². The molecule has 0 aliphatic carbocycles. The van der Waals surface area contributed by atoms with Gasteiger partial charge in [0.25, 0.3) is 0 Å². The van der Waals surface area contributed by atoms with E-state index in [0.717, 1.165) is 24.2 Å². The van der Waals surface area contributed by atoms with Crippen molar-refractivity contribution < 1.29 is 9.84 Å². The fourth-order valence-electron chi connectivity index (χ4n) is 2.10. The summed E-state index contributed by atoms with van der Waals surface area (Å²) in [5, 5.41) is 10.1. The van der Waals surface area contributed by atoms with E-state index in [2.05, 4.69) is 24.8 Å². The molecule has 1 aromatic rings. The predicted molar refractivity (Wildman–Crippen MR) is 76.1 cm³/mol. The molecule has 0 spiro atoms. The summed E-state index contributed by atoms with van der Waals surface area (Å²) >= 11 is 0. The number of aliphatic hydroxyl groups excluding tert-OH is 1. The van der Waals surface area contributed by atoms with E-state index in [1.54, 1.807) is 7.11 Å². The highest BCUT2D eigenvalue weighted by Crippen LogP contribution is 2.29. The number of hydrogen-bond acceptors (Lipinski definition) is 3. The molecule has 0 saturated carbocycles. The molecule has 0 amide bonds. The van der Waals surface area contributed by atoms with E-state index in [-0.39, 0.29) is 0 Å². The summed E-state index contributed by atoms with van der Waals surface area (Å²) in [6.07, 6.45) is 0.331. The second kappa shape index (κ2) is 7.39. The summed E-state index contributed by atoms with van der Waals surface area (Å²) < 4.78 is 5.17. The highest BCUT2D eigenvalue weighted by molar-refractivity contribution is 5.55. The Labute approximate surface area is 110 Å². The number of anilines is 1. The largest absolute Gasteiger partial charge is 0.388 e. The Morgan fingerprint density at radius 3 is 2.50 bits per heavy atom. The van der Waals surface area contributed by atoms with Crippen molar-refractivity contribution in [2.45, 2.75) is 39.3 Å². The molecule has 18 heavy (non-hydrogen) atoms. The van der Waals surface area contributed by atoms with Gasteiger partial charge in [-0.2, -0.15) is 0 Å². The molecule has 0 aliphatic heterocycles. The molecule has 1 rings (SSSR count). The molecule has 102 valence electrons. The predicted octanol–water partition coefficient (Wildman–Crippen LogP) is 2.99. The molecule has 1 N–H and O–H groups in total. The van der Waals surface area contributed by atoms with Gasteiger partial charge in [-0.15, -0.1) is 0 Å². The first kappa shape index (κ1) is 15.0. The van der Waals surface area contributed by atoms with Crippen LogP contribution in [0, 0.1) is 0 Å². The van der Waals surface area contributed by atoms with Gasteiger partial charge in [-0.1, -0.05) is 25.1 Å². The topological polar surface area (TPSA) is 32.7 Å². The standard InChI is InChI=1S/C15H25NO2/c1-5-15(17)13-8-6-7-9-14(13)16(12(2)3)10-11-18-4/h6-9,12,15,17H,5,10-11H2,1-4H3/t15-/m1/s1. The highest BCUT2D eigenvalue weighted by atomic mass is 16.5. The van der Waals surface area contributed by atoms with E-state index in [0.29, 0.717) is 12.6 Å². The number of hydrogen-bond donors (Lipinski definition) is 1. The number of ether oxygens (including phenoxy) is 1. The molecular weight excluding hydrogens is 226 g/mol. The van der Waals surface area contributed by atoms with Gasteiger partial charge < -0.3 is 14.7 Å². The first-order valence-electron chi connectivity index (χ1n) is 6.64. The number of benzene rings is 1. The van der Waals surface area contributed by atoms with Crippen LogP contribution in [0.3, 0.4) is 0 Å². The zero-order chi connectivity index (χ0) is 13.5. The van der Waals surface area contributed by atoms with Crippen molar-refractivity contribution in [3.63, 3.8) is 0 Å². The summed E-state index contributed by atoms with van der Waals surface area (Å²) in [7, 11) is 1.71. The third kappa shape index (κ3) is 3.72. The van der Waals surface area contributed by atoms with Gasteiger partial charge in [-0.3, -0.25) is 0 Å². The third-order valence-electron chi connectivity index (χ3n) is 3.15. The maximum atomic E-state index is 10.1. The van der Waals surface area contributed by atoms with Crippen molar-refractivity contribution in [2.75, 3.05) is 25.2 Å². The minimum Gasteiger partial charge on any atom is -0.388 e. The van der Waals surface area contributed by atoms with Crippen LogP contribution >= 0.6 is 0 Å². The maximum absolute atomic E-state index is 10.1. The third-order valence-corrected chi connectivity index (χ3v) is 3.15. The normalized spacial score (nSPS) is 12.8. The Morgan fingerprint density at radius 1 is 1.28 bits per heavy atom. The molecule has 0 fully saturated rings. The number of nitrogens with zero attached hydrogens (tertiary/aromatic N) is 1. The van der Waals surface area contributed by atoms with Gasteiger partial charge in [0.15, 0.2) is 0 Å². The van der Waals surface area contributed by atoms with Crippen molar-refractivity contribution in [1.82, 2.24) is 0 Å². The van der Waals surface area contributed by atoms with Gasteiger partial charge in [-0.25, -0.2) is 0 Å². The Hall–Kier alpha value is -1.06. The summed E-state index contributed by atoms with van der Waals surface area (Å²) in [6.45, 7) is 7.84. The fraction of sp³-hybridized carbons (Fsp3) is 0.600. The molecule has 0 bridgehead atoms. The zero-order valence-electron chi connectivity index (χ0n) is 11.9. The van der Waals surface area contributed by atoms with Gasteiger partial charge in [-0.05, 0) is 26.3 Å². The smallest absolute Gasteiger partial charge is 0.0807 e. The van der Waals surface area contributed by atoms with Crippen molar-refractivity contribution in [2.24, 2.45) is 0 Å². The van der Waals surface area contributed by atoms with Crippen LogP contribution in [0.2, 0.25) is 0 Å². The molecule has 0 aliphatic rings. The van der Waals surface area contributed by atoms with E-state index in [1.165, 1.54) is 0 Å². The lowest BCUT2D eigenvalue weighted by molar-refractivity contribution is 0.173. The lowest BCUT2D eigenvalue weighted by Crippen LogP contribution is -2.34. The Bertz CT molecular complexity index is 352. The van der Waals surface area contributed by atoms with Gasteiger partial charge in [0.1, 0.15) is 0 Å². The first-order valence-corrected chi connectivity index (χ1v) is 6.64. The Kier molecular flexibility index (Phi) is 6.16. The quantitative estimate of drug-likeness (QED) is 0.808. The Morgan fingerprint density at radius 2 is 1.94 bits per heavy atom. The van der Waals surface area contributed by atoms with Crippen LogP contribution in [0.1, 0.15) is 38.9 Å². The Balaban J connectivity index is 3.03. The van der Waals surface area contributed by atoms with Crippen molar-refractivity contribution in [1.29, 1.82) is 0 Å². The number of para-hydroxylation sites is 1. The molecule has 1 atom stereocenters. The number of methoxy groups -OCH3 is 1. The van der Waals surface area contributed by atoms with Crippen molar-refractivity contribution in [3.8, 4) is 0 Å². The van der Waals surface area contributed by atoms with Crippen LogP contribution in [0.25, 0.3) is 0 Å². The summed E-state index contributed by atoms with van der Waals surface area (Å²) in [5.74, 6) is 0. The van der Waals surface area contributed by atoms with Crippen LogP contribution in [0.15, 0.2) is 24.3 Å². The first-order chi connectivity index (χ1) is 8.61. The summed E-state index contributed by atoms with van der Waals surface area (Å²) in [4.78, 5) is 2.28. The molecule has 3 nitrogen and oxygen atoms in total. The molecular formula is C15H25NO2. The molecule has 0 saturated heterocycles. The van der Waals surface area contributed by atoms with E-state index in [1.807, 2.05) is 25.1 Å². The molecule has 3 heteroatoms. The average molecular weight is 251 g/mol. The highest BCUT2D eigenvalue weighted by Gasteiger charge is 2.17. The van der Waals surface area contributed by atoms with Crippen molar-refractivity contribution in [3.05, 3.63) is 29.8 Å². The second-order valence-corrected chi connectivity index (χ2v) is 4.76. The summed E-state index contributed by atoms with van der Waals surface area (Å²) in [5.41, 5.74) is 2.11. The molecule has 0 aromatic heterocycles. The van der Waals surface area contributed by atoms with Gasteiger partial charge in [0.05, 0.1) is 12.7 Å². The van der Waals surface area contributed by atoms with Gasteiger partial charge in [0.2, 0.25) is 0 Å². The SMILES string of the molecule is CC[C@@H](O)c1ccccc1N(CCOC)C(C)C. The average Bonchev–Trinajstić information content (AvgIpc) is 2.38. The molecule has 1 aromatic carbocycles. The minimum atomic E-state index is -0.398. The molecule has 0 heterocycles. The van der Waals surface area contributed by atoms with E-state index >= 15 is 0 Å².